The third-order valence-electron chi connectivity index (χ3n) is 4.47. The third-order valence-corrected chi connectivity index (χ3v) is 4.47. The maximum absolute atomic E-state index is 12.2. The van der Waals surface area contributed by atoms with Gasteiger partial charge >= 0.3 is 0 Å². The summed E-state index contributed by atoms with van der Waals surface area (Å²) in [5.74, 6) is -0.119. The second-order valence-electron chi connectivity index (χ2n) is 5.99. The van der Waals surface area contributed by atoms with E-state index in [4.69, 9.17) is 4.98 Å². The molecule has 1 amide bonds. The minimum atomic E-state index is -0.106. The second kappa shape index (κ2) is 4.86. The zero-order valence-electron chi connectivity index (χ0n) is 12.7. The van der Waals surface area contributed by atoms with Gasteiger partial charge in [-0.3, -0.25) is 14.9 Å². The lowest BCUT2D eigenvalue weighted by Crippen LogP contribution is -2.24. The molecule has 0 bridgehead atoms. The number of amides is 1. The summed E-state index contributed by atoms with van der Waals surface area (Å²) < 4.78 is 0. The van der Waals surface area contributed by atoms with E-state index in [-0.39, 0.29) is 11.8 Å². The molecule has 4 aromatic rings. The Morgan fingerprint density at radius 2 is 1.96 bits per heavy atom. The number of benzene rings is 2. The molecular weight excluding hydrogens is 302 g/mol. The van der Waals surface area contributed by atoms with Crippen LogP contribution in [0.15, 0.2) is 48.8 Å². The van der Waals surface area contributed by atoms with Gasteiger partial charge in [0.1, 0.15) is 0 Å². The van der Waals surface area contributed by atoms with Gasteiger partial charge < -0.3 is 5.32 Å². The highest BCUT2D eigenvalue weighted by Crippen LogP contribution is 2.38. The van der Waals surface area contributed by atoms with Crippen LogP contribution in [0.25, 0.3) is 21.9 Å². The standard InChI is InChI=1S/C18H13N5O/c24-18-6-12(17-9-19-13-3-1-2-4-14(13)21-17)11-5-10-8-20-23-15(10)7-16(11)22-18/h1-5,7-9,12H,6H2,(H,20,23)(H,22,24)/t12-/m1/s1. The highest BCUT2D eigenvalue weighted by molar-refractivity contribution is 5.98. The highest BCUT2D eigenvalue weighted by Gasteiger charge is 2.28. The van der Waals surface area contributed by atoms with Crippen molar-refractivity contribution in [3.8, 4) is 0 Å². The molecule has 2 aromatic heterocycles. The van der Waals surface area contributed by atoms with E-state index in [1.807, 2.05) is 30.3 Å². The molecule has 1 atom stereocenters. The Bertz CT molecular complexity index is 1100. The summed E-state index contributed by atoms with van der Waals surface area (Å²) in [5.41, 5.74) is 5.27. The quantitative estimate of drug-likeness (QED) is 0.565. The number of aromatic nitrogens is 4. The van der Waals surface area contributed by atoms with E-state index < -0.39 is 0 Å². The maximum Gasteiger partial charge on any atom is 0.225 e. The maximum atomic E-state index is 12.2. The van der Waals surface area contributed by atoms with Crippen LogP contribution in [0.3, 0.4) is 0 Å². The van der Waals surface area contributed by atoms with E-state index in [0.29, 0.717) is 6.42 Å². The Kier molecular flexibility index (Phi) is 2.67. The SMILES string of the molecule is O=C1C[C@@H](c2cnc3ccccc3n2)c2cc3cn[nH]c3cc2N1. The van der Waals surface area contributed by atoms with Crippen LogP contribution >= 0.6 is 0 Å². The molecule has 0 saturated carbocycles. The van der Waals surface area contributed by atoms with Gasteiger partial charge in [0.05, 0.1) is 28.4 Å². The van der Waals surface area contributed by atoms with Crippen molar-refractivity contribution >= 4 is 33.5 Å². The average Bonchev–Trinajstić information content (AvgIpc) is 3.06. The van der Waals surface area contributed by atoms with E-state index in [9.17, 15) is 4.79 Å². The summed E-state index contributed by atoms with van der Waals surface area (Å²) in [6.07, 6.45) is 3.92. The molecular formula is C18H13N5O. The van der Waals surface area contributed by atoms with Gasteiger partial charge in [-0.25, -0.2) is 4.98 Å². The van der Waals surface area contributed by atoms with Crippen LogP contribution < -0.4 is 5.32 Å². The lowest BCUT2D eigenvalue weighted by Gasteiger charge is -2.25. The van der Waals surface area contributed by atoms with Gasteiger partial charge in [-0.2, -0.15) is 5.10 Å². The number of fused-ring (bicyclic) bond motifs is 3. The van der Waals surface area contributed by atoms with Crippen molar-refractivity contribution < 1.29 is 4.79 Å². The number of H-pyrrole nitrogens is 1. The molecule has 2 aromatic carbocycles. The molecule has 0 aliphatic carbocycles. The molecule has 24 heavy (non-hydrogen) atoms. The molecule has 5 rings (SSSR count). The summed E-state index contributed by atoms with van der Waals surface area (Å²) >= 11 is 0. The monoisotopic (exact) mass is 315 g/mol. The Morgan fingerprint density at radius 1 is 1.08 bits per heavy atom. The number of anilines is 1. The first-order valence-electron chi connectivity index (χ1n) is 7.76. The Hall–Kier alpha value is -3.28. The molecule has 0 saturated heterocycles. The van der Waals surface area contributed by atoms with Crippen molar-refractivity contribution in [3.05, 3.63) is 60.0 Å². The van der Waals surface area contributed by atoms with Crippen LogP contribution in [0.2, 0.25) is 0 Å². The van der Waals surface area contributed by atoms with Crippen molar-refractivity contribution in [3.63, 3.8) is 0 Å². The van der Waals surface area contributed by atoms with Gasteiger partial charge in [0.15, 0.2) is 0 Å². The van der Waals surface area contributed by atoms with E-state index in [0.717, 1.165) is 38.9 Å². The molecule has 6 heteroatoms. The van der Waals surface area contributed by atoms with Crippen molar-refractivity contribution in [1.82, 2.24) is 20.2 Å². The van der Waals surface area contributed by atoms with Crippen molar-refractivity contribution in [2.24, 2.45) is 0 Å². The smallest absolute Gasteiger partial charge is 0.225 e. The molecule has 0 radical (unpaired) electrons. The fraction of sp³-hybridized carbons (Fsp3) is 0.111. The predicted octanol–water partition coefficient (Wildman–Crippen LogP) is 2.98. The van der Waals surface area contributed by atoms with Crippen molar-refractivity contribution in [2.75, 3.05) is 5.32 Å². The number of carbonyl (C=O) groups excluding carboxylic acids is 1. The summed E-state index contributed by atoms with van der Waals surface area (Å²) in [7, 11) is 0. The molecule has 2 N–H and O–H groups in total. The fourth-order valence-corrected chi connectivity index (χ4v) is 3.31. The number of rotatable bonds is 1. The van der Waals surface area contributed by atoms with Crippen LogP contribution in [-0.2, 0) is 4.79 Å². The Morgan fingerprint density at radius 3 is 2.88 bits per heavy atom. The number of hydrogen-bond acceptors (Lipinski definition) is 4. The van der Waals surface area contributed by atoms with Gasteiger partial charge in [0.25, 0.3) is 0 Å². The van der Waals surface area contributed by atoms with Crippen LogP contribution in [0, 0.1) is 0 Å². The number of carbonyl (C=O) groups is 1. The normalized spacial score (nSPS) is 17.0. The molecule has 3 heterocycles. The topological polar surface area (TPSA) is 83.6 Å². The molecule has 116 valence electrons. The number of nitrogens with one attached hydrogen (secondary N) is 2. The van der Waals surface area contributed by atoms with E-state index in [1.165, 1.54) is 0 Å². The predicted molar refractivity (Wildman–Crippen MR) is 90.7 cm³/mol. The van der Waals surface area contributed by atoms with E-state index in [1.54, 1.807) is 12.4 Å². The number of para-hydroxylation sites is 2. The van der Waals surface area contributed by atoms with Crippen LogP contribution in [0.1, 0.15) is 23.6 Å². The zero-order chi connectivity index (χ0) is 16.1. The van der Waals surface area contributed by atoms with Crippen molar-refractivity contribution in [1.29, 1.82) is 0 Å². The molecule has 0 unspecified atom stereocenters. The van der Waals surface area contributed by atoms with Gasteiger partial charge in [-0.1, -0.05) is 12.1 Å². The van der Waals surface area contributed by atoms with Crippen molar-refractivity contribution in [2.45, 2.75) is 12.3 Å². The molecule has 1 aliphatic rings. The summed E-state index contributed by atoms with van der Waals surface area (Å²) in [5, 5.41) is 11.0. The van der Waals surface area contributed by atoms with E-state index >= 15 is 0 Å². The first-order chi connectivity index (χ1) is 11.8. The largest absolute Gasteiger partial charge is 0.326 e. The highest BCUT2D eigenvalue weighted by atomic mass is 16.1. The van der Waals surface area contributed by atoms with Gasteiger partial charge in [-0.05, 0) is 29.8 Å². The minimum Gasteiger partial charge on any atom is -0.326 e. The second-order valence-corrected chi connectivity index (χ2v) is 5.99. The van der Waals surface area contributed by atoms with E-state index in [2.05, 4.69) is 26.6 Å². The number of hydrogen-bond donors (Lipinski definition) is 2. The third kappa shape index (κ3) is 1.96. The van der Waals surface area contributed by atoms with Gasteiger partial charge in [0.2, 0.25) is 5.91 Å². The molecule has 0 spiro atoms. The minimum absolute atomic E-state index is 0.0127. The fourth-order valence-electron chi connectivity index (χ4n) is 3.31. The molecule has 1 aliphatic heterocycles. The summed E-state index contributed by atoms with van der Waals surface area (Å²) in [6, 6.07) is 11.7. The van der Waals surface area contributed by atoms with Crippen LogP contribution in [0.5, 0.6) is 0 Å². The van der Waals surface area contributed by atoms with Gasteiger partial charge in [0, 0.05) is 29.6 Å². The number of aromatic amines is 1. The summed E-state index contributed by atoms with van der Waals surface area (Å²) in [6.45, 7) is 0. The first-order valence-corrected chi connectivity index (χ1v) is 7.76. The summed E-state index contributed by atoms with van der Waals surface area (Å²) in [4.78, 5) is 21.4. The lowest BCUT2D eigenvalue weighted by atomic mass is 9.87. The Labute approximate surface area is 136 Å². The zero-order valence-corrected chi connectivity index (χ0v) is 12.7. The first kappa shape index (κ1) is 13.2. The number of nitrogens with zero attached hydrogens (tertiary/aromatic N) is 3. The van der Waals surface area contributed by atoms with Crippen LogP contribution in [-0.4, -0.2) is 26.1 Å². The molecule has 6 nitrogen and oxygen atoms in total. The Balaban J connectivity index is 1.71. The average molecular weight is 315 g/mol. The van der Waals surface area contributed by atoms with Gasteiger partial charge in [-0.15, -0.1) is 0 Å². The lowest BCUT2D eigenvalue weighted by molar-refractivity contribution is -0.116. The molecule has 0 fully saturated rings. The van der Waals surface area contributed by atoms with Crippen LogP contribution in [0.4, 0.5) is 5.69 Å².